The van der Waals surface area contributed by atoms with Gasteiger partial charge in [-0.15, -0.1) is 0 Å². The van der Waals surface area contributed by atoms with E-state index >= 15 is 0 Å². The minimum atomic E-state index is 0.703. The molecule has 1 aliphatic carbocycles. The summed E-state index contributed by atoms with van der Waals surface area (Å²) >= 11 is 3.53. The molecule has 0 N–H and O–H groups in total. The van der Waals surface area contributed by atoms with Gasteiger partial charge in [0, 0.05) is 44.5 Å². The first-order valence-electron chi connectivity index (χ1n) is 9.62. The summed E-state index contributed by atoms with van der Waals surface area (Å²) in [6.45, 7) is 5.60. The molecule has 5 heteroatoms. The maximum absolute atomic E-state index is 5.44. The third-order valence-corrected chi connectivity index (χ3v) is 6.46. The number of hydrogen-bond acceptors (Lipinski definition) is 4. The number of nitrogens with zero attached hydrogens (tertiary/aromatic N) is 2. The number of anilines is 1. The lowest BCUT2D eigenvalue weighted by Gasteiger charge is -2.36. The van der Waals surface area contributed by atoms with Crippen molar-refractivity contribution in [3.05, 3.63) is 52.5 Å². The molecule has 0 amide bonds. The topological polar surface area (TPSA) is 24.9 Å². The lowest BCUT2D eigenvalue weighted by molar-refractivity contribution is 0.246. The predicted molar refractivity (Wildman–Crippen MR) is 113 cm³/mol. The van der Waals surface area contributed by atoms with Crippen molar-refractivity contribution in [1.82, 2.24) is 4.90 Å². The molecule has 0 radical (unpaired) electrons. The second-order valence-electron chi connectivity index (χ2n) is 7.49. The fourth-order valence-corrected chi connectivity index (χ4v) is 4.50. The van der Waals surface area contributed by atoms with Crippen LogP contribution >= 0.6 is 15.9 Å². The van der Waals surface area contributed by atoms with Crippen LogP contribution in [0.1, 0.15) is 17.9 Å². The van der Waals surface area contributed by atoms with Crippen LogP contribution in [0, 0.1) is 5.92 Å². The Morgan fingerprint density at radius 1 is 1.00 bits per heavy atom. The molecular weight excluding hydrogens is 404 g/mol. The maximum Gasteiger partial charge on any atom is 0.135 e. The van der Waals surface area contributed by atoms with Gasteiger partial charge in [0.25, 0.3) is 0 Å². The van der Waals surface area contributed by atoms with E-state index < -0.39 is 0 Å². The lowest BCUT2D eigenvalue weighted by atomic mass is 10.1. The molecule has 0 aromatic heterocycles. The second-order valence-corrected chi connectivity index (χ2v) is 8.34. The molecule has 1 heterocycles. The van der Waals surface area contributed by atoms with Gasteiger partial charge in [-0.25, -0.2) is 0 Å². The highest BCUT2D eigenvalue weighted by atomic mass is 79.9. The van der Waals surface area contributed by atoms with Crippen molar-refractivity contribution < 1.29 is 9.47 Å². The summed E-state index contributed by atoms with van der Waals surface area (Å²) < 4.78 is 11.8. The predicted octanol–water partition coefficient (Wildman–Crippen LogP) is 4.39. The SMILES string of the molecule is COc1cccc(C2CC2CN2CCN(c3ccc(Br)c(OC)c3)CC2)c1. The highest BCUT2D eigenvalue weighted by Crippen LogP contribution is 2.48. The number of piperazine rings is 1. The van der Waals surface area contributed by atoms with Gasteiger partial charge in [0.05, 0.1) is 18.7 Å². The zero-order valence-corrected chi connectivity index (χ0v) is 17.6. The van der Waals surface area contributed by atoms with Crippen LogP contribution in [0.2, 0.25) is 0 Å². The van der Waals surface area contributed by atoms with Gasteiger partial charge in [0.15, 0.2) is 0 Å². The molecule has 1 saturated heterocycles. The lowest BCUT2D eigenvalue weighted by Crippen LogP contribution is -2.47. The highest BCUT2D eigenvalue weighted by molar-refractivity contribution is 9.10. The molecule has 4 nitrogen and oxygen atoms in total. The number of ether oxygens (including phenoxy) is 2. The summed E-state index contributed by atoms with van der Waals surface area (Å²) in [6.07, 6.45) is 1.30. The van der Waals surface area contributed by atoms with E-state index in [1.165, 1.54) is 24.2 Å². The number of rotatable bonds is 6. The van der Waals surface area contributed by atoms with Crippen LogP contribution in [-0.2, 0) is 0 Å². The minimum absolute atomic E-state index is 0.703. The van der Waals surface area contributed by atoms with Gasteiger partial charge in [-0.2, -0.15) is 0 Å². The van der Waals surface area contributed by atoms with Crippen molar-refractivity contribution in [3.63, 3.8) is 0 Å². The Balaban J connectivity index is 1.29. The van der Waals surface area contributed by atoms with E-state index in [-0.39, 0.29) is 0 Å². The van der Waals surface area contributed by atoms with Crippen molar-refractivity contribution in [1.29, 1.82) is 0 Å². The Morgan fingerprint density at radius 3 is 2.56 bits per heavy atom. The van der Waals surface area contributed by atoms with Gasteiger partial charge in [-0.05, 0) is 64.0 Å². The average molecular weight is 431 g/mol. The fraction of sp³-hybridized carbons (Fsp3) is 0.455. The normalized spacial score (nSPS) is 22.6. The zero-order valence-electron chi connectivity index (χ0n) is 16.0. The summed E-state index contributed by atoms with van der Waals surface area (Å²) in [7, 11) is 3.46. The van der Waals surface area contributed by atoms with Gasteiger partial charge >= 0.3 is 0 Å². The smallest absolute Gasteiger partial charge is 0.135 e. The fourth-order valence-electron chi connectivity index (χ4n) is 4.10. The van der Waals surface area contributed by atoms with E-state index in [4.69, 9.17) is 9.47 Å². The first-order chi connectivity index (χ1) is 13.2. The van der Waals surface area contributed by atoms with Crippen molar-refractivity contribution >= 4 is 21.6 Å². The van der Waals surface area contributed by atoms with E-state index in [1.54, 1.807) is 14.2 Å². The standard InChI is InChI=1S/C22H27BrN2O2/c1-26-19-5-3-4-16(12-19)20-13-17(20)15-24-8-10-25(11-9-24)18-6-7-21(23)22(14-18)27-2/h3-7,12,14,17,20H,8-11,13,15H2,1-2H3. The number of benzene rings is 2. The Hall–Kier alpha value is -1.72. The van der Waals surface area contributed by atoms with E-state index in [1.807, 2.05) is 6.07 Å². The largest absolute Gasteiger partial charge is 0.497 e. The van der Waals surface area contributed by atoms with E-state index in [9.17, 15) is 0 Å². The molecule has 4 rings (SSSR count). The van der Waals surface area contributed by atoms with E-state index in [0.717, 1.165) is 48.1 Å². The molecule has 0 spiro atoms. The number of methoxy groups -OCH3 is 2. The van der Waals surface area contributed by atoms with Crippen LogP contribution in [-0.4, -0.2) is 51.8 Å². The summed E-state index contributed by atoms with van der Waals surface area (Å²) in [5, 5.41) is 0. The molecule has 144 valence electrons. The van der Waals surface area contributed by atoms with Crippen LogP contribution in [0.25, 0.3) is 0 Å². The van der Waals surface area contributed by atoms with Crippen LogP contribution in [0.5, 0.6) is 11.5 Å². The van der Waals surface area contributed by atoms with Crippen LogP contribution in [0.3, 0.4) is 0 Å². The van der Waals surface area contributed by atoms with Crippen molar-refractivity contribution in [2.24, 2.45) is 5.92 Å². The molecular formula is C22H27BrN2O2. The molecule has 0 bridgehead atoms. The third-order valence-electron chi connectivity index (χ3n) is 5.81. The summed E-state index contributed by atoms with van der Waals surface area (Å²) in [5.74, 6) is 3.36. The van der Waals surface area contributed by atoms with Crippen molar-refractivity contribution in [2.75, 3.05) is 51.8 Å². The Kier molecular flexibility index (Phi) is 5.60. The average Bonchev–Trinajstić information content (AvgIpc) is 3.48. The molecule has 2 atom stereocenters. The quantitative estimate of drug-likeness (QED) is 0.678. The van der Waals surface area contributed by atoms with Gasteiger partial charge in [0.2, 0.25) is 0 Å². The van der Waals surface area contributed by atoms with Gasteiger partial charge in [-0.3, -0.25) is 4.90 Å². The van der Waals surface area contributed by atoms with Crippen molar-refractivity contribution in [3.8, 4) is 11.5 Å². The summed E-state index contributed by atoms with van der Waals surface area (Å²) in [6, 6.07) is 14.9. The molecule has 2 unspecified atom stereocenters. The maximum atomic E-state index is 5.44. The number of halogens is 1. The first-order valence-corrected chi connectivity index (χ1v) is 10.4. The second kappa shape index (κ2) is 8.11. The van der Waals surface area contributed by atoms with Crippen LogP contribution in [0.15, 0.2) is 46.9 Å². The minimum Gasteiger partial charge on any atom is -0.497 e. The summed E-state index contributed by atoms with van der Waals surface area (Å²) in [5.41, 5.74) is 2.68. The van der Waals surface area contributed by atoms with E-state index in [2.05, 4.69) is 62.1 Å². The molecule has 1 aliphatic heterocycles. The van der Waals surface area contributed by atoms with E-state index in [0.29, 0.717) is 5.92 Å². The molecule has 2 aliphatic rings. The Morgan fingerprint density at radius 2 is 1.81 bits per heavy atom. The molecule has 2 aromatic rings. The first kappa shape index (κ1) is 18.6. The van der Waals surface area contributed by atoms with Crippen molar-refractivity contribution in [2.45, 2.75) is 12.3 Å². The van der Waals surface area contributed by atoms with Crippen LogP contribution in [0.4, 0.5) is 5.69 Å². The molecule has 2 fully saturated rings. The Labute approximate surface area is 170 Å². The van der Waals surface area contributed by atoms with Crippen LogP contribution < -0.4 is 14.4 Å². The highest BCUT2D eigenvalue weighted by Gasteiger charge is 2.39. The molecule has 1 saturated carbocycles. The zero-order chi connectivity index (χ0) is 18.8. The Bertz CT molecular complexity index is 790. The van der Waals surface area contributed by atoms with Gasteiger partial charge < -0.3 is 14.4 Å². The molecule has 2 aromatic carbocycles. The third kappa shape index (κ3) is 4.25. The molecule has 27 heavy (non-hydrogen) atoms. The van der Waals surface area contributed by atoms with Gasteiger partial charge in [0.1, 0.15) is 11.5 Å². The summed E-state index contributed by atoms with van der Waals surface area (Å²) in [4.78, 5) is 5.08. The van der Waals surface area contributed by atoms with Gasteiger partial charge in [-0.1, -0.05) is 12.1 Å². The number of hydrogen-bond donors (Lipinski definition) is 0. The monoisotopic (exact) mass is 430 g/mol.